The molecule has 0 radical (unpaired) electrons. The van der Waals surface area contributed by atoms with E-state index in [9.17, 15) is 4.79 Å². The predicted molar refractivity (Wildman–Crippen MR) is 77.4 cm³/mol. The Morgan fingerprint density at radius 3 is 2.45 bits per heavy atom. The Morgan fingerprint density at radius 1 is 1.30 bits per heavy atom. The SMILES string of the molecule is CC(C)NC(=O)CCN(C)C1CCC2(CC1)OCCO2. The Bertz CT molecular complexity index is 317. The molecule has 1 saturated heterocycles. The lowest BCUT2D eigenvalue weighted by Gasteiger charge is -2.39. The highest BCUT2D eigenvalue weighted by Gasteiger charge is 2.40. The molecule has 1 spiro atoms. The highest BCUT2D eigenvalue weighted by atomic mass is 16.7. The molecular formula is C15H28N2O3. The summed E-state index contributed by atoms with van der Waals surface area (Å²) in [7, 11) is 2.11. The van der Waals surface area contributed by atoms with E-state index in [1.165, 1.54) is 0 Å². The fourth-order valence-electron chi connectivity index (χ4n) is 3.12. The minimum Gasteiger partial charge on any atom is -0.354 e. The van der Waals surface area contributed by atoms with Crippen LogP contribution in [0.3, 0.4) is 0 Å². The van der Waals surface area contributed by atoms with Gasteiger partial charge in [-0.15, -0.1) is 0 Å². The van der Waals surface area contributed by atoms with Crippen molar-refractivity contribution < 1.29 is 14.3 Å². The van der Waals surface area contributed by atoms with Gasteiger partial charge in [-0.2, -0.15) is 0 Å². The van der Waals surface area contributed by atoms with Crippen LogP contribution in [0.1, 0.15) is 46.0 Å². The maximum atomic E-state index is 11.7. The second-order valence-corrected chi connectivity index (χ2v) is 6.29. The summed E-state index contributed by atoms with van der Waals surface area (Å²) in [6.45, 7) is 6.26. The average molecular weight is 284 g/mol. The first kappa shape index (κ1) is 15.7. The van der Waals surface area contributed by atoms with E-state index >= 15 is 0 Å². The molecule has 0 aromatic carbocycles. The van der Waals surface area contributed by atoms with Gasteiger partial charge in [0.25, 0.3) is 0 Å². The van der Waals surface area contributed by atoms with E-state index < -0.39 is 0 Å². The van der Waals surface area contributed by atoms with Crippen LogP contribution in [-0.4, -0.2) is 55.5 Å². The van der Waals surface area contributed by atoms with Gasteiger partial charge < -0.3 is 19.7 Å². The molecule has 5 nitrogen and oxygen atoms in total. The Hall–Kier alpha value is -0.650. The molecule has 2 aliphatic rings. The van der Waals surface area contributed by atoms with Crippen molar-refractivity contribution in [2.75, 3.05) is 26.8 Å². The Kier molecular flexibility index (Phi) is 5.41. The summed E-state index contributed by atoms with van der Waals surface area (Å²) in [5, 5.41) is 2.94. The summed E-state index contributed by atoms with van der Waals surface area (Å²) in [4.78, 5) is 14.0. The molecule has 2 rings (SSSR count). The lowest BCUT2D eigenvalue weighted by molar-refractivity contribution is -0.183. The van der Waals surface area contributed by atoms with Crippen LogP contribution in [0.15, 0.2) is 0 Å². The topological polar surface area (TPSA) is 50.8 Å². The zero-order chi connectivity index (χ0) is 14.6. The quantitative estimate of drug-likeness (QED) is 0.831. The summed E-state index contributed by atoms with van der Waals surface area (Å²) in [6.07, 6.45) is 4.69. The van der Waals surface area contributed by atoms with E-state index in [0.29, 0.717) is 12.5 Å². The third-order valence-corrected chi connectivity index (χ3v) is 4.30. The molecule has 1 heterocycles. The number of rotatable bonds is 5. The van der Waals surface area contributed by atoms with Gasteiger partial charge in [-0.1, -0.05) is 0 Å². The third kappa shape index (κ3) is 4.17. The van der Waals surface area contributed by atoms with Crippen molar-refractivity contribution in [3.8, 4) is 0 Å². The highest BCUT2D eigenvalue weighted by molar-refractivity contribution is 5.76. The fourth-order valence-corrected chi connectivity index (χ4v) is 3.12. The summed E-state index contributed by atoms with van der Waals surface area (Å²) in [5.41, 5.74) is 0. The summed E-state index contributed by atoms with van der Waals surface area (Å²) in [5.74, 6) is -0.145. The molecule has 2 fully saturated rings. The van der Waals surface area contributed by atoms with Crippen LogP contribution < -0.4 is 5.32 Å². The first-order chi connectivity index (χ1) is 9.51. The Morgan fingerprint density at radius 2 is 1.90 bits per heavy atom. The van der Waals surface area contributed by atoms with E-state index in [0.717, 1.165) is 45.4 Å². The number of carbonyl (C=O) groups is 1. The Labute approximate surface area is 122 Å². The lowest BCUT2D eigenvalue weighted by atomic mass is 9.89. The number of amides is 1. The predicted octanol–water partition coefficient (Wildman–Crippen LogP) is 1.52. The van der Waals surface area contributed by atoms with Crippen LogP contribution in [0.2, 0.25) is 0 Å². The lowest BCUT2D eigenvalue weighted by Crippen LogP contribution is -2.44. The first-order valence-corrected chi connectivity index (χ1v) is 7.78. The largest absolute Gasteiger partial charge is 0.354 e. The molecule has 1 amide bonds. The van der Waals surface area contributed by atoms with E-state index in [2.05, 4.69) is 17.3 Å². The summed E-state index contributed by atoms with van der Waals surface area (Å²) < 4.78 is 11.5. The highest BCUT2D eigenvalue weighted by Crippen LogP contribution is 2.36. The second-order valence-electron chi connectivity index (χ2n) is 6.29. The minimum absolute atomic E-state index is 0.140. The van der Waals surface area contributed by atoms with Gasteiger partial charge in [0.2, 0.25) is 5.91 Å². The van der Waals surface area contributed by atoms with Crippen LogP contribution >= 0.6 is 0 Å². The van der Waals surface area contributed by atoms with Crippen molar-refractivity contribution in [3.05, 3.63) is 0 Å². The van der Waals surface area contributed by atoms with E-state index in [1.807, 2.05) is 13.8 Å². The maximum absolute atomic E-state index is 11.7. The molecular weight excluding hydrogens is 256 g/mol. The number of nitrogens with one attached hydrogen (secondary N) is 1. The molecule has 0 atom stereocenters. The van der Waals surface area contributed by atoms with Crippen LogP contribution in [0.25, 0.3) is 0 Å². The molecule has 0 bridgehead atoms. The number of hydrogen-bond acceptors (Lipinski definition) is 4. The molecule has 5 heteroatoms. The average Bonchev–Trinajstić information content (AvgIpc) is 2.84. The van der Waals surface area contributed by atoms with Crippen LogP contribution in [-0.2, 0) is 14.3 Å². The molecule has 0 aromatic heterocycles. The van der Waals surface area contributed by atoms with E-state index in [-0.39, 0.29) is 17.7 Å². The minimum atomic E-state index is -0.285. The third-order valence-electron chi connectivity index (χ3n) is 4.30. The zero-order valence-electron chi connectivity index (χ0n) is 13.0. The zero-order valence-corrected chi connectivity index (χ0v) is 13.0. The number of ether oxygens (including phenoxy) is 2. The van der Waals surface area contributed by atoms with Crippen molar-refractivity contribution in [3.63, 3.8) is 0 Å². The van der Waals surface area contributed by atoms with Crippen molar-refractivity contribution in [1.29, 1.82) is 0 Å². The standard InChI is InChI=1S/C15H28N2O3/c1-12(2)16-14(18)6-9-17(3)13-4-7-15(8-5-13)19-10-11-20-15/h12-13H,4-11H2,1-3H3,(H,16,18). The van der Waals surface area contributed by atoms with Gasteiger partial charge in [0.1, 0.15) is 0 Å². The van der Waals surface area contributed by atoms with Crippen LogP contribution in [0.5, 0.6) is 0 Å². The van der Waals surface area contributed by atoms with Gasteiger partial charge in [-0.25, -0.2) is 0 Å². The summed E-state index contributed by atoms with van der Waals surface area (Å²) >= 11 is 0. The van der Waals surface area contributed by atoms with Gasteiger partial charge in [-0.05, 0) is 33.7 Å². The first-order valence-electron chi connectivity index (χ1n) is 7.78. The normalized spacial score (nSPS) is 22.9. The van der Waals surface area contributed by atoms with Gasteiger partial charge >= 0.3 is 0 Å². The van der Waals surface area contributed by atoms with Crippen LogP contribution in [0.4, 0.5) is 0 Å². The molecule has 0 aromatic rings. The van der Waals surface area contributed by atoms with E-state index in [4.69, 9.17) is 9.47 Å². The van der Waals surface area contributed by atoms with E-state index in [1.54, 1.807) is 0 Å². The van der Waals surface area contributed by atoms with Gasteiger partial charge in [0.15, 0.2) is 5.79 Å². The molecule has 20 heavy (non-hydrogen) atoms. The van der Waals surface area contributed by atoms with Crippen molar-refractivity contribution in [2.24, 2.45) is 0 Å². The van der Waals surface area contributed by atoms with Gasteiger partial charge in [0.05, 0.1) is 13.2 Å². The molecule has 1 N–H and O–H groups in total. The molecule has 0 unspecified atom stereocenters. The molecule has 1 aliphatic carbocycles. The summed E-state index contributed by atoms with van der Waals surface area (Å²) in [6, 6.07) is 0.763. The van der Waals surface area contributed by atoms with Gasteiger partial charge in [0, 0.05) is 37.9 Å². The van der Waals surface area contributed by atoms with Crippen molar-refractivity contribution in [1.82, 2.24) is 10.2 Å². The molecule has 1 saturated carbocycles. The van der Waals surface area contributed by atoms with Crippen molar-refractivity contribution >= 4 is 5.91 Å². The smallest absolute Gasteiger partial charge is 0.221 e. The molecule has 1 aliphatic heterocycles. The Balaban J connectivity index is 1.69. The monoisotopic (exact) mass is 284 g/mol. The maximum Gasteiger partial charge on any atom is 0.221 e. The number of nitrogens with zero attached hydrogens (tertiary/aromatic N) is 1. The fraction of sp³-hybridized carbons (Fsp3) is 0.933. The van der Waals surface area contributed by atoms with Gasteiger partial charge in [-0.3, -0.25) is 4.79 Å². The number of hydrogen-bond donors (Lipinski definition) is 1. The molecule has 116 valence electrons. The van der Waals surface area contributed by atoms with Crippen LogP contribution in [0, 0.1) is 0 Å². The second kappa shape index (κ2) is 6.87. The van der Waals surface area contributed by atoms with Crippen molar-refractivity contribution in [2.45, 2.75) is 63.8 Å². The number of carbonyl (C=O) groups excluding carboxylic acids is 1.